The van der Waals surface area contributed by atoms with Crippen LogP contribution in [0.4, 0.5) is 5.69 Å². The fourth-order valence-corrected chi connectivity index (χ4v) is 4.46. The second-order valence-electron chi connectivity index (χ2n) is 6.78. The number of amides is 2. The van der Waals surface area contributed by atoms with E-state index in [1.54, 1.807) is 12.3 Å². The first-order valence-electron chi connectivity index (χ1n) is 8.91. The lowest BCUT2D eigenvalue weighted by Gasteiger charge is -2.38. The summed E-state index contributed by atoms with van der Waals surface area (Å²) in [6.45, 7) is 1.90. The van der Waals surface area contributed by atoms with Crippen molar-refractivity contribution in [2.45, 2.75) is 19.3 Å². The van der Waals surface area contributed by atoms with Crippen LogP contribution in [-0.2, 0) is 4.79 Å². The third-order valence-electron chi connectivity index (χ3n) is 5.13. The molecule has 0 bridgehead atoms. The van der Waals surface area contributed by atoms with Crippen LogP contribution < -0.4 is 10.1 Å². The summed E-state index contributed by atoms with van der Waals surface area (Å²) in [5.74, 6) is 1.06. The zero-order valence-corrected chi connectivity index (χ0v) is 15.2. The van der Waals surface area contributed by atoms with E-state index in [1.165, 1.54) is 11.3 Å². The van der Waals surface area contributed by atoms with E-state index in [-0.39, 0.29) is 23.7 Å². The van der Waals surface area contributed by atoms with Gasteiger partial charge < -0.3 is 15.0 Å². The number of carbonyl (C=O) groups excluding carboxylic acids is 2. The molecule has 26 heavy (non-hydrogen) atoms. The first-order chi connectivity index (χ1) is 12.7. The van der Waals surface area contributed by atoms with Crippen molar-refractivity contribution in [3.05, 3.63) is 40.7 Å². The number of pyridine rings is 1. The van der Waals surface area contributed by atoms with Crippen LogP contribution in [0.1, 0.15) is 28.9 Å². The smallest absolute Gasteiger partial charge is 0.263 e. The average molecular weight is 371 g/mol. The Kier molecular flexibility index (Phi) is 4.88. The summed E-state index contributed by atoms with van der Waals surface area (Å²) in [7, 11) is 0. The third-order valence-corrected chi connectivity index (χ3v) is 5.99. The number of likely N-dealkylation sites (tertiary alicyclic amines) is 1. The number of thiophene rings is 1. The monoisotopic (exact) mass is 371 g/mol. The van der Waals surface area contributed by atoms with Gasteiger partial charge in [-0.2, -0.15) is 0 Å². The molecule has 0 aromatic carbocycles. The molecular formula is C19H21N3O3S. The number of hydrogen-bond donors (Lipinski definition) is 1. The Balaban J connectivity index is 1.49. The third kappa shape index (κ3) is 3.58. The highest BCUT2D eigenvalue weighted by atomic mass is 32.1. The molecule has 2 aromatic heterocycles. The Morgan fingerprint density at radius 2 is 2.19 bits per heavy atom. The number of rotatable bonds is 1. The Hall–Kier alpha value is -2.41. The molecular weight excluding hydrogens is 350 g/mol. The summed E-state index contributed by atoms with van der Waals surface area (Å²) >= 11 is 1.47. The molecule has 0 radical (unpaired) electrons. The highest BCUT2D eigenvalue weighted by Gasteiger charge is 2.34. The summed E-state index contributed by atoms with van der Waals surface area (Å²) in [5, 5.41) is 4.84. The van der Waals surface area contributed by atoms with Gasteiger partial charge in [0.1, 0.15) is 5.69 Å². The van der Waals surface area contributed by atoms with Crippen molar-refractivity contribution in [3.8, 4) is 5.88 Å². The van der Waals surface area contributed by atoms with Crippen molar-refractivity contribution in [2.24, 2.45) is 11.8 Å². The minimum absolute atomic E-state index is 0.0159. The lowest BCUT2D eigenvalue weighted by Crippen LogP contribution is -2.45. The molecule has 4 heterocycles. The van der Waals surface area contributed by atoms with Gasteiger partial charge in [-0.1, -0.05) is 6.07 Å². The molecule has 4 rings (SSSR count). The van der Waals surface area contributed by atoms with Gasteiger partial charge in [0.25, 0.3) is 5.91 Å². The van der Waals surface area contributed by atoms with Gasteiger partial charge in [0.15, 0.2) is 0 Å². The summed E-state index contributed by atoms with van der Waals surface area (Å²) < 4.78 is 5.80. The maximum atomic E-state index is 12.7. The molecule has 2 aromatic rings. The lowest BCUT2D eigenvalue weighted by atomic mass is 9.81. The molecule has 0 aliphatic carbocycles. The number of carbonyl (C=O) groups is 2. The van der Waals surface area contributed by atoms with Crippen molar-refractivity contribution < 1.29 is 14.3 Å². The first-order valence-corrected chi connectivity index (χ1v) is 9.79. The SMILES string of the molecule is O=C1C[C@@H]2CCN(C(=O)c3cccs3)C[C@@H]2CCOc2ncccc2N1. The summed E-state index contributed by atoms with van der Waals surface area (Å²) in [5.41, 5.74) is 0.626. The molecule has 1 fully saturated rings. The van der Waals surface area contributed by atoms with Gasteiger partial charge in [-0.3, -0.25) is 9.59 Å². The second kappa shape index (κ2) is 7.45. The molecule has 1 N–H and O–H groups in total. The molecule has 6 nitrogen and oxygen atoms in total. The van der Waals surface area contributed by atoms with E-state index in [4.69, 9.17) is 4.74 Å². The number of hydrogen-bond acceptors (Lipinski definition) is 5. The van der Waals surface area contributed by atoms with Crippen molar-refractivity contribution in [1.29, 1.82) is 0 Å². The molecule has 1 saturated heterocycles. The Morgan fingerprint density at radius 3 is 3.04 bits per heavy atom. The minimum atomic E-state index is -0.0159. The van der Waals surface area contributed by atoms with Crippen LogP contribution in [0.2, 0.25) is 0 Å². The number of aromatic nitrogens is 1. The number of piperidine rings is 1. The number of fused-ring (bicyclic) bond motifs is 2. The van der Waals surface area contributed by atoms with Crippen LogP contribution in [0.25, 0.3) is 0 Å². The normalized spacial score (nSPS) is 23.2. The maximum absolute atomic E-state index is 12.7. The van der Waals surface area contributed by atoms with Crippen LogP contribution in [0.3, 0.4) is 0 Å². The van der Waals surface area contributed by atoms with Gasteiger partial charge in [-0.15, -0.1) is 11.3 Å². The van der Waals surface area contributed by atoms with Crippen molar-refractivity contribution in [2.75, 3.05) is 25.0 Å². The molecule has 0 saturated carbocycles. The molecule has 136 valence electrons. The molecule has 0 unspecified atom stereocenters. The summed E-state index contributed by atoms with van der Waals surface area (Å²) in [4.78, 5) is 32.0. The zero-order valence-electron chi connectivity index (χ0n) is 14.4. The summed E-state index contributed by atoms with van der Waals surface area (Å²) in [6, 6.07) is 7.36. The molecule has 2 amide bonds. The van der Waals surface area contributed by atoms with Crippen molar-refractivity contribution in [3.63, 3.8) is 0 Å². The van der Waals surface area contributed by atoms with Crippen LogP contribution >= 0.6 is 11.3 Å². The Morgan fingerprint density at radius 1 is 1.27 bits per heavy atom. The minimum Gasteiger partial charge on any atom is -0.476 e. The van der Waals surface area contributed by atoms with Gasteiger partial charge in [-0.05, 0) is 48.3 Å². The Labute approximate surface area is 156 Å². The molecule has 2 aliphatic rings. The van der Waals surface area contributed by atoms with E-state index < -0.39 is 0 Å². The van der Waals surface area contributed by atoms with Crippen LogP contribution in [0.5, 0.6) is 5.88 Å². The number of anilines is 1. The van der Waals surface area contributed by atoms with Crippen LogP contribution in [-0.4, -0.2) is 41.4 Å². The predicted octanol–water partition coefficient (Wildman–Crippen LogP) is 3.03. The number of ether oxygens (including phenoxy) is 1. The highest BCUT2D eigenvalue weighted by molar-refractivity contribution is 7.12. The maximum Gasteiger partial charge on any atom is 0.263 e. The van der Waals surface area contributed by atoms with E-state index >= 15 is 0 Å². The van der Waals surface area contributed by atoms with Crippen LogP contribution in [0.15, 0.2) is 35.8 Å². The topological polar surface area (TPSA) is 71.5 Å². The van der Waals surface area contributed by atoms with E-state index in [1.807, 2.05) is 28.5 Å². The highest BCUT2D eigenvalue weighted by Crippen LogP contribution is 2.32. The van der Waals surface area contributed by atoms with Crippen molar-refractivity contribution in [1.82, 2.24) is 9.88 Å². The van der Waals surface area contributed by atoms with Gasteiger partial charge in [-0.25, -0.2) is 4.98 Å². The quantitative estimate of drug-likeness (QED) is 0.836. The first kappa shape index (κ1) is 17.0. The van der Waals surface area contributed by atoms with Gasteiger partial charge in [0, 0.05) is 25.7 Å². The van der Waals surface area contributed by atoms with E-state index in [9.17, 15) is 9.59 Å². The number of nitrogens with zero attached hydrogens (tertiary/aromatic N) is 2. The molecule has 2 atom stereocenters. The molecule has 0 spiro atoms. The number of nitrogens with one attached hydrogen (secondary N) is 1. The fraction of sp³-hybridized carbons (Fsp3) is 0.421. The zero-order chi connectivity index (χ0) is 17.9. The van der Waals surface area contributed by atoms with Crippen LogP contribution in [0, 0.1) is 11.8 Å². The predicted molar refractivity (Wildman–Crippen MR) is 99.4 cm³/mol. The Bertz CT molecular complexity index is 793. The second-order valence-corrected chi connectivity index (χ2v) is 7.73. The summed E-state index contributed by atoms with van der Waals surface area (Å²) in [6.07, 6.45) is 3.78. The van der Waals surface area contributed by atoms with Gasteiger partial charge in [0.05, 0.1) is 11.5 Å². The van der Waals surface area contributed by atoms with Gasteiger partial charge in [0.2, 0.25) is 11.8 Å². The van der Waals surface area contributed by atoms with Crippen molar-refractivity contribution >= 4 is 28.8 Å². The lowest BCUT2D eigenvalue weighted by molar-refractivity contribution is -0.118. The largest absolute Gasteiger partial charge is 0.476 e. The average Bonchev–Trinajstić information content (AvgIpc) is 3.18. The molecule has 2 aliphatic heterocycles. The van der Waals surface area contributed by atoms with E-state index in [2.05, 4.69) is 10.3 Å². The van der Waals surface area contributed by atoms with Gasteiger partial charge >= 0.3 is 0 Å². The van der Waals surface area contributed by atoms with E-state index in [0.717, 1.165) is 17.7 Å². The molecule has 7 heteroatoms. The van der Waals surface area contributed by atoms with E-state index in [0.29, 0.717) is 37.7 Å². The standard InChI is InChI=1S/C19H21N3O3S/c23-17-11-13-5-8-22(19(24)16-4-2-10-26-16)12-14(13)6-9-25-18-15(21-17)3-1-7-20-18/h1-4,7,10,13-14H,5-6,8-9,11-12H2,(H,21,23)/t13-,14-/m0/s1. The fourth-order valence-electron chi connectivity index (χ4n) is 3.76.